The van der Waals surface area contributed by atoms with E-state index in [1.54, 1.807) is 42.1 Å². The van der Waals surface area contributed by atoms with E-state index < -0.39 is 17.5 Å². The zero-order valence-corrected chi connectivity index (χ0v) is 19.5. The predicted octanol–water partition coefficient (Wildman–Crippen LogP) is 5.87. The number of benzene rings is 3. The van der Waals surface area contributed by atoms with Gasteiger partial charge in [0.15, 0.2) is 0 Å². The first-order valence-electron chi connectivity index (χ1n) is 10.7. The molecule has 0 fully saturated rings. The lowest BCUT2D eigenvalue weighted by Gasteiger charge is -2.09. The fourth-order valence-electron chi connectivity index (χ4n) is 3.57. The quantitative estimate of drug-likeness (QED) is 0.309. The molecule has 9 heteroatoms. The lowest BCUT2D eigenvalue weighted by molar-refractivity contribution is -0.121. The van der Waals surface area contributed by atoms with Crippen molar-refractivity contribution >= 4 is 17.5 Å². The lowest BCUT2D eigenvalue weighted by atomic mass is 10.1. The van der Waals surface area contributed by atoms with E-state index in [2.05, 4.69) is 10.4 Å². The van der Waals surface area contributed by atoms with Crippen molar-refractivity contribution in [1.82, 2.24) is 15.1 Å². The summed E-state index contributed by atoms with van der Waals surface area (Å²) < 4.78 is 48.7. The van der Waals surface area contributed by atoms with E-state index in [0.717, 1.165) is 17.8 Å². The van der Waals surface area contributed by atoms with Crippen LogP contribution in [0.2, 0.25) is 5.02 Å². The Morgan fingerprint density at radius 1 is 1.06 bits per heavy atom. The maximum absolute atomic E-state index is 14.0. The molecule has 0 saturated carbocycles. The van der Waals surface area contributed by atoms with Crippen LogP contribution >= 0.6 is 11.6 Å². The van der Waals surface area contributed by atoms with E-state index in [-0.39, 0.29) is 35.8 Å². The van der Waals surface area contributed by atoms with E-state index in [4.69, 9.17) is 16.3 Å². The highest BCUT2D eigenvalue weighted by Crippen LogP contribution is 2.26. The van der Waals surface area contributed by atoms with E-state index in [0.29, 0.717) is 22.7 Å². The number of rotatable bonds is 8. The van der Waals surface area contributed by atoms with Crippen LogP contribution in [0.3, 0.4) is 0 Å². The molecule has 4 rings (SSSR count). The summed E-state index contributed by atoms with van der Waals surface area (Å²) in [6, 6.07) is 17.3. The predicted molar refractivity (Wildman–Crippen MR) is 127 cm³/mol. The number of amides is 1. The molecular weight excluding hydrogens is 479 g/mol. The number of ether oxygens (including phenoxy) is 1. The number of hydrogen-bond donors (Lipinski definition) is 1. The summed E-state index contributed by atoms with van der Waals surface area (Å²) in [7, 11) is 1.57. The number of halogens is 4. The standard InChI is InChI=1S/C26H21ClF3N3O2/c1-35-20-8-6-19(7-9-20)33-24(16-3-2-4-17(28)13-16)14-18(32-33)5-12-25(34)31-15-21-23(29)11-10-22(27)26(21)30/h2-4,6-11,13-14H,5,12,15H2,1H3,(H,31,34). The van der Waals surface area contributed by atoms with Crippen LogP contribution in [0.1, 0.15) is 17.7 Å². The number of carbonyl (C=O) groups is 1. The van der Waals surface area contributed by atoms with Gasteiger partial charge in [-0.3, -0.25) is 4.79 Å². The topological polar surface area (TPSA) is 56.2 Å². The highest BCUT2D eigenvalue weighted by molar-refractivity contribution is 6.30. The Morgan fingerprint density at radius 3 is 2.54 bits per heavy atom. The summed E-state index contributed by atoms with van der Waals surface area (Å²) >= 11 is 5.69. The first-order chi connectivity index (χ1) is 16.9. The summed E-state index contributed by atoms with van der Waals surface area (Å²) in [5.74, 6) is -1.80. The van der Waals surface area contributed by atoms with E-state index in [1.165, 1.54) is 12.1 Å². The van der Waals surface area contributed by atoms with Crippen LogP contribution in [-0.2, 0) is 17.8 Å². The first-order valence-corrected chi connectivity index (χ1v) is 11.1. The van der Waals surface area contributed by atoms with E-state index in [9.17, 15) is 18.0 Å². The van der Waals surface area contributed by atoms with Gasteiger partial charge in [-0.1, -0.05) is 23.7 Å². The Kier molecular flexibility index (Phi) is 7.41. The monoisotopic (exact) mass is 499 g/mol. The third-order valence-corrected chi connectivity index (χ3v) is 5.70. The van der Waals surface area contributed by atoms with Crippen LogP contribution in [0.5, 0.6) is 5.75 Å². The van der Waals surface area contributed by atoms with Crippen LogP contribution in [-0.4, -0.2) is 22.8 Å². The van der Waals surface area contributed by atoms with Crippen molar-refractivity contribution in [2.24, 2.45) is 0 Å². The molecule has 35 heavy (non-hydrogen) atoms. The summed E-state index contributed by atoms with van der Waals surface area (Å²) in [6.07, 6.45) is 0.295. The van der Waals surface area contributed by atoms with Crippen molar-refractivity contribution in [3.8, 4) is 22.7 Å². The molecule has 0 aliphatic heterocycles. The van der Waals surface area contributed by atoms with E-state index in [1.807, 2.05) is 12.1 Å². The number of nitrogens with zero attached hydrogens (tertiary/aromatic N) is 2. The van der Waals surface area contributed by atoms with Gasteiger partial charge in [-0.15, -0.1) is 0 Å². The third-order valence-electron chi connectivity index (χ3n) is 5.41. The summed E-state index contributed by atoms with van der Waals surface area (Å²) in [5, 5.41) is 6.90. The summed E-state index contributed by atoms with van der Waals surface area (Å²) in [6.45, 7) is -0.327. The van der Waals surface area contributed by atoms with Gasteiger partial charge < -0.3 is 10.1 Å². The van der Waals surface area contributed by atoms with Crippen molar-refractivity contribution in [3.63, 3.8) is 0 Å². The highest BCUT2D eigenvalue weighted by Gasteiger charge is 2.16. The van der Waals surface area contributed by atoms with Crippen molar-refractivity contribution < 1.29 is 22.7 Å². The molecule has 0 aliphatic carbocycles. The minimum absolute atomic E-state index is 0.0338. The van der Waals surface area contributed by atoms with Gasteiger partial charge in [0.1, 0.15) is 23.2 Å². The number of methoxy groups -OCH3 is 1. The molecule has 0 unspecified atom stereocenters. The molecular formula is C26H21ClF3N3O2. The number of hydrogen-bond acceptors (Lipinski definition) is 3. The Labute approximate surface area is 205 Å². The third kappa shape index (κ3) is 5.66. The van der Waals surface area contributed by atoms with Gasteiger partial charge in [0.05, 0.1) is 29.2 Å². The zero-order chi connectivity index (χ0) is 24.9. The molecule has 0 bridgehead atoms. The van der Waals surface area contributed by atoms with Crippen LogP contribution < -0.4 is 10.1 Å². The molecule has 4 aromatic rings. The second-order valence-electron chi connectivity index (χ2n) is 7.74. The van der Waals surface area contributed by atoms with Gasteiger partial charge in [0.2, 0.25) is 5.91 Å². The van der Waals surface area contributed by atoms with Gasteiger partial charge in [-0.2, -0.15) is 5.10 Å². The number of aromatic nitrogens is 2. The lowest BCUT2D eigenvalue weighted by Crippen LogP contribution is -2.24. The average Bonchev–Trinajstić information content (AvgIpc) is 3.29. The molecule has 180 valence electrons. The largest absolute Gasteiger partial charge is 0.497 e. The maximum Gasteiger partial charge on any atom is 0.220 e. The normalized spacial score (nSPS) is 10.9. The van der Waals surface area contributed by atoms with Gasteiger partial charge in [0.25, 0.3) is 0 Å². The molecule has 0 spiro atoms. The summed E-state index contributed by atoms with van der Waals surface area (Å²) in [5.41, 5.74) is 2.29. The second-order valence-corrected chi connectivity index (χ2v) is 8.15. The summed E-state index contributed by atoms with van der Waals surface area (Å²) in [4.78, 5) is 12.4. The number of nitrogens with one attached hydrogen (secondary N) is 1. The molecule has 1 heterocycles. The molecule has 0 aliphatic rings. The van der Waals surface area contributed by atoms with Crippen LogP contribution in [0, 0.1) is 17.5 Å². The minimum atomic E-state index is -0.898. The molecule has 0 saturated heterocycles. The number of carbonyl (C=O) groups excluding carboxylic acids is 1. The van der Waals surface area contributed by atoms with Crippen LogP contribution in [0.25, 0.3) is 16.9 Å². The van der Waals surface area contributed by atoms with Crippen LogP contribution in [0.15, 0.2) is 66.7 Å². The number of aryl methyl sites for hydroxylation is 1. The van der Waals surface area contributed by atoms with Crippen molar-refractivity contribution in [2.75, 3.05) is 7.11 Å². The fourth-order valence-corrected chi connectivity index (χ4v) is 3.75. The highest BCUT2D eigenvalue weighted by atomic mass is 35.5. The van der Waals surface area contributed by atoms with Crippen molar-refractivity contribution in [3.05, 3.63) is 100 Å². The molecule has 0 radical (unpaired) electrons. The van der Waals surface area contributed by atoms with Crippen molar-refractivity contribution in [2.45, 2.75) is 19.4 Å². The van der Waals surface area contributed by atoms with Gasteiger partial charge >= 0.3 is 0 Å². The molecule has 3 aromatic carbocycles. The Bertz CT molecular complexity index is 1360. The average molecular weight is 500 g/mol. The Hall–Kier alpha value is -3.78. The molecule has 0 atom stereocenters. The molecule has 1 N–H and O–H groups in total. The second kappa shape index (κ2) is 10.7. The minimum Gasteiger partial charge on any atom is -0.497 e. The molecule has 1 aromatic heterocycles. The first kappa shape index (κ1) is 24.3. The molecule has 5 nitrogen and oxygen atoms in total. The van der Waals surface area contributed by atoms with Gasteiger partial charge in [-0.05, 0) is 54.6 Å². The smallest absolute Gasteiger partial charge is 0.220 e. The Balaban J connectivity index is 1.52. The van der Waals surface area contributed by atoms with Crippen LogP contribution in [0.4, 0.5) is 13.2 Å². The van der Waals surface area contributed by atoms with E-state index >= 15 is 0 Å². The van der Waals surface area contributed by atoms with Crippen molar-refractivity contribution in [1.29, 1.82) is 0 Å². The zero-order valence-electron chi connectivity index (χ0n) is 18.7. The van der Waals surface area contributed by atoms with Gasteiger partial charge in [0, 0.05) is 30.5 Å². The van der Waals surface area contributed by atoms with Gasteiger partial charge in [-0.25, -0.2) is 17.9 Å². The SMILES string of the molecule is COc1ccc(-n2nc(CCC(=O)NCc3c(F)ccc(Cl)c3F)cc2-c2cccc(F)c2)cc1. The maximum atomic E-state index is 14.0. The fraction of sp³-hybridized carbons (Fsp3) is 0.154. The molecule has 1 amide bonds. The Morgan fingerprint density at radius 2 is 1.83 bits per heavy atom.